The summed E-state index contributed by atoms with van der Waals surface area (Å²) in [5.74, 6) is -0.906. The van der Waals surface area contributed by atoms with E-state index in [4.69, 9.17) is 4.74 Å². The van der Waals surface area contributed by atoms with E-state index in [-0.39, 0.29) is 17.5 Å². The number of carbonyl (C=O) groups is 3. The first-order valence-electron chi connectivity index (χ1n) is 8.28. The molecule has 8 heteroatoms. The fourth-order valence-corrected chi connectivity index (χ4v) is 2.32. The summed E-state index contributed by atoms with van der Waals surface area (Å²) in [5, 5.41) is 5.43. The summed E-state index contributed by atoms with van der Waals surface area (Å²) < 4.78 is 4.98. The Kier molecular flexibility index (Phi) is 5.71. The maximum atomic E-state index is 12.4. The van der Waals surface area contributed by atoms with Crippen LogP contribution in [0, 0.1) is 0 Å². The molecule has 2 amide bonds. The minimum atomic E-state index is -0.461. The van der Waals surface area contributed by atoms with Crippen molar-refractivity contribution in [3.8, 4) is 5.75 Å². The Bertz CT molecular complexity index is 1000. The zero-order valence-electron chi connectivity index (χ0n) is 14.9. The molecule has 1 heterocycles. The Balaban J connectivity index is 1.63. The van der Waals surface area contributed by atoms with E-state index in [0.717, 1.165) is 0 Å². The van der Waals surface area contributed by atoms with Crippen LogP contribution in [0.2, 0.25) is 0 Å². The minimum Gasteiger partial charge on any atom is -0.427 e. The minimum absolute atomic E-state index is 0.201. The predicted octanol–water partition coefficient (Wildman–Crippen LogP) is 2.91. The van der Waals surface area contributed by atoms with Gasteiger partial charge in [0.25, 0.3) is 11.8 Å². The van der Waals surface area contributed by atoms with Crippen molar-refractivity contribution in [1.82, 2.24) is 9.97 Å². The number of ether oxygens (including phenoxy) is 1. The molecule has 0 aliphatic heterocycles. The van der Waals surface area contributed by atoms with Gasteiger partial charge in [0.05, 0.1) is 6.20 Å². The van der Waals surface area contributed by atoms with Crippen molar-refractivity contribution in [2.75, 3.05) is 10.6 Å². The lowest BCUT2D eigenvalue weighted by atomic mass is 10.2. The van der Waals surface area contributed by atoms with Crippen molar-refractivity contribution >= 4 is 29.2 Å². The standard InChI is InChI=1S/C20H16N4O4/c1-13(25)28-17-4-2-3-14(11-17)19(26)23-15-5-7-16(8-6-15)24-20(27)18-12-21-9-10-22-18/h2-12H,1H3,(H,23,26)(H,24,27). The summed E-state index contributed by atoms with van der Waals surface area (Å²) >= 11 is 0. The monoisotopic (exact) mass is 376 g/mol. The Morgan fingerprint density at radius 2 is 1.57 bits per heavy atom. The second kappa shape index (κ2) is 8.54. The maximum absolute atomic E-state index is 12.4. The maximum Gasteiger partial charge on any atom is 0.308 e. The van der Waals surface area contributed by atoms with Gasteiger partial charge in [0.1, 0.15) is 11.4 Å². The van der Waals surface area contributed by atoms with Gasteiger partial charge in [0.15, 0.2) is 0 Å². The molecule has 0 radical (unpaired) electrons. The predicted molar refractivity (Wildman–Crippen MR) is 102 cm³/mol. The van der Waals surface area contributed by atoms with Crippen LogP contribution in [0.1, 0.15) is 27.8 Å². The molecule has 2 N–H and O–H groups in total. The van der Waals surface area contributed by atoms with Crippen molar-refractivity contribution in [1.29, 1.82) is 0 Å². The molecule has 1 aromatic heterocycles. The normalized spacial score (nSPS) is 10.0. The summed E-state index contributed by atoms with van der Waals surface area (Å²) in [7, 11) is 0. The number of aromatic nitrogens is 2. The lowest BCUT2D eigenvalue weighted by molar-refractivity contribution is -0.131. The Labute approximate surface area is 160 Å². The van der Waals surface area contributed by atoms with E-state index >= 15 is 0 Å². The third-order valence-electron chi connectivity index (χ3n) is 3.55. The average molecular weight is 376 g/mol. The van der Waals surface area contributed by atoms with E-state index < -0.39 is 5.97 Å². The van der Waals surface area contributed by atoms with E-state index in [2.05, 4.69) is 20.6 Å². The molecule has 3 aromatic rings. The lowest BCUT2D eigenvalue weighted by Gasteiger charge is -2.08. The van der Waals surface area contributed by atoms with Gasteiger partial charge >= 0.3 is 5.97 Å². The molecule has 0 aliphatic rings. The number of nitrogens with zero attached hydrogens (tertiary/aromatic N) is 2. The van der Waals surface area contributed by atoms with Crippen LogP contribution >= 0.6 is 0 Å². The molecule has 0 unspecified atom stereocenters. The van der Waals surface area contributed by atoms with E-state index in [1.54, 1.807) is 42.5 Å². The number of rotatable bonds is 5. The van der Waals surface area contributed by atoms with Gasteiger partial charge in [-0.05, 0) is 42.5 Å². The first kappa shape index (κ1) is 18.7. The highest BCUT2D eigenvalue weighted by molar-refractivity contribution is 6.05. The van der Waals surface area contributed by atoms with Crippen molar-refractivity contribution in [2.24, 2.45) is 0 Å². The summed E-state index contributed by atoms with van der Waals surface area (Å²) in [5.41, 5.74) is 1.64. The fraction of sp³-hybridized carbons (Fsp3) is 0.0500. The first-order valence-corrected chi connectivity index (χ1v) is 8.28. The number of carbonyl (C=O) groups excluding carboxylic acids is 3. The molecule has 3 rings (SSSR count). The molecule has 0 fully saturated rings. The van der Waals surface area contributed by atoms with Crippen molar-refractivity contribution in [3.05, 3.63) is 78.4 Å². The number of amides is 2. The van der Waals surface area contributed by atoms with Crippen molar-refractivity contribution in [2.45, 2.75) is 6.92 Å². The number of esters is 1. The molecule has 0 aliphatic carbocycles. The van der Waals surface area contributed by atoms with Crippen LogP contribution in [0.5, 0.6) is 5.75 Å². The highest BCUT2D eigenvalue weighted by Gasteiger charge is 2.10. The largest absolute Gasteiger partial charge is 0.427 e. The fourth-order valence-electron chi connectivity index (χ4n) is 2.32. The molecule has 2 aromatic carbocycles. The number of anilines is 2. The van der Waals surface area contributed by atoms with Crippen molar-refractivity contribution in [3.63, 3.8) is 0 Å². The van der Waals surface area contributed by atoms with Gasteiger partial charge < -0.3 is 15.4 Å². The zero-order chi connectivity index (χ0) is 19.9. The molecule has 0 saturated heterocycles. The van der Waals surface area contributed by atoms with E-state index in [1.165, 1.54) is 31.6 Å². The second-order valence-corrected chi connectivity index (χ2v) is 5.70. The van der Waals surface area contributed by atoms with E-state index in [9.17, 15) is 14.4 Å². The van der Waals surface area contributed by atoms with E-state index in [0.29, 0.717) is 22.7 Å². The van der Waals surface area contributed by atoms with Gasteiger partial charge in [0.2, 0.25) is 0 Å². The van der Waals surface area contributed by atoms with Crippen LogP contribution in [-0.4, -0.2) is 27.8 Å². The van der Waals surface area contributed by atoms with Crippen LogP contribution in [0.3, 0.4) is 0 Å². The lowest BCUT2D eigenvalue weighted by Crippen LogP contribution is -2.14. The van der Waals surface area contributed by atoms with Gasteiger partial charge in [-0.1, -0.05) is 6.07 Å². The van der Waals surface area contributed by atoms with Gasteiger partial charge in [-0.15, -0.1) is 0 Å². The van der Waals surface area contributed by atoms with Gasteiger partial charge in [0, 0.05) is 36.3 Å². The molecule has 8 nitrogen and oxygen atoms in total. The number of hydrogen-bond acceptors (Lipinski definition) is 6. The number of benzene rings is 2. The topological polar surface area (TPSA) is 110 Å². The smallest absolute Gasteiger partial charge is 0.308 e. The third-order valence-corrected chi connectivity index (χ3v) is 3.55. The Morgan fingerprint density at radius 3 is 2.18 bits per heavy atom. The Morgan fingerprint density at radius 1 is 0.893 bits per heavy atom. The Hall–Kier alpha value is -4.07. The van der Waals surface area contributed by atoms with Crippen LogP contribution < -0.4 is 15.4 Å². The summed E-state index contributed by atoms with van der Waals surface area (Å²) in [6.45, 7) is 1.29. The van der Waals surface area contributed by atoms with Gasteiger partial charge in [-0.25, -0.2) is 4.98 Å². The van der Waals surface area contributed by atoms with Crippen LogP contribution in [0.25, 0.3) is 0 Å². The van der Waals surface area contributed by atoms with Crippen LogP contribution in [0.15, 0.2) is 67.1 Å². The zero-order valence-corrected chi connectivity index (χ0v) is 14.9. The molecule has 0 saturated carbocycles. The van der Waals surface area contributed by atoms with E-state index in [1.807, 2.05) is 0 Å². The average Bonchev–Trinajstić information content (AvgIpc) is 2.70. The quantitative estimate of drug-likeness (QED) is 0.523. The molecule has 0 atom stereocenters. The molecule has 28 heavy (non-hydrogen) atoms. The van der Waals surface area contributed by atoms with Crippen LogP contribution in [-0.2, 0) is 4.79 Å². The first-order chi connectivity index (χ1) is 13.5. The summed E-state index contributed by atoms with van der Waals surface area (Å²) in [6.07, 6.45) is 4.29. The number of hydrogen-bond donors (Lipinski definition) is 2. The SMILES string of the molecule is CC(=O)Oc1cccc(C(=O)Nc2ccc(NC(=O)c3cnccn3)cc2)c1. The second-order valence-electron chi connectivity index (χ2n) is 5.70. The number of nitrogens with one attached hydrogen (secondary N) is 2. The molecule has 140 valence electrons. The summed E-state index contributed by atoms with van der Waals surface area (Å²) in [4.78, 5) is 43.2. The highest BCUT2D eigenvalue weighted by Crippen LogP contribution is 2.17. The summed E-state index contributed by atoms with van der Waals surface area (Å²) in [6, 6.07) is 12.9. The van der Waals surface area contributed by atoms with Crippen LogP contribution in [0.4, 0.5) is 11.4 Å². The highest BCUT2D eigenvalue weighted by atomic mass is 16.5. The van der Waals surface area contributed by atoms with Crippen molar-refractivity contribution < 1.29 is 19.1 Å². The van der Waals surface area contributed by atoms with Gasteiger partial charge in [-0.3, -0.25) is 19.4 Å². The molecule has 0 bridgehead atoms. The molecular formula is C20H16N4O4. The molecular weight excluding hydrogens is 360 g/mol. The third kappa shape index (κ3) is 4.98. The molecule has 0 spiro atoms. The van der Waals surface area contributed by atoms with Gasteiger partial charge in [-0.2, -0.15) is 0 Å².